The third kappa shape index (κ3) is 4.54. The Hall–Kier alpha value is -3.65. The van der Waals surface area contributed by atoms with E-state index in [2.05, 4.69) is 5.32 Å². The lowest BCUT2D eigenvalue weighted by Crippen LogP contribution is -2.54. The Balaban J connectivity index is 1.74. The summed E-state index contributed by atoms with van der Waals surface area (Å²) in [6.07, 6.45) is 4.20. The van der Waals surface area contributed by atoms with E-state index < -0.39 is 16.4 Å². The van der Waals surface area contributed by atoms with Crippen LogP contribution >= 0.6 is 0 Å². The molecule has 178 valence electrons. The Morgan fingerprint density at radius 3 is 2.71 bits per heavy atom. The molecule has 1 unspecified atom stereocenters. The first-order valence-electron chi connectivity index (χ1n) is 11.6. The molecular formula is C26H30N4O4. The molecular weight excluding hydrogens is 432 g/mol. The predicted molar refractivity (Wildman–Crippen MR) is 133 cm³/mol. The Morgan fingerprint density at radius 1 is 1.24 bits per heavy atom. The van der Waals surface area contributed by atoms with Crippen molar-refractivity contribution in [1.29, 1.82) is 0 Å². The molecule has 3 N–H and O–H groups in total. The van der Waals surface area contributed by atoms with Gasteiger partial charge in [-0.25, -0.2) is 0 Å². The van der Waals surface area contributed by atoms with Crippen molar-refractivity contribution in [3.05, 3.63) is 88.2 Å². The number of hydrogen-bond acceptors (Lipinski definition) is 6. The van der Waals surface area contributed by atoms with Gasteiger partial charge in [0.25, 0.3) is 0 Å². The molecule has 2 aliphatic rings. The van der Waals surface area contributed by atoms with Gasteiger partial charge in [-0.2, -0.15) is 0 Å². The Morgan fingerprint density at radius 2 is 1.97 bits per heavy atom. The summed E-state index contributed by atoms with van der Waals surface area (Å²) in [5.74, 6) is -0.133. The highest BCUT2D eigenvalue weighted by molar-refractivity contribution is 6.04. The summed E-state index contributed by atoms with van der Waals surface area (Å²) >= 11 is 0. The van der Waals surface area contributed by atoms with Gasteiger partial charge in [-0.15, -0.1) is 0 Å². The van der Waals surface area contributed by atoms with Crippen LogP contribution in [0.2, 0.25) is 0 Å². The number of carbonyl (C=O) groups excluding carboxylic acids is 1. The van der Waals surface area contributed by atoms with E-state index in [0.717, 1.165) is 16.8 Å². The molecule has 0 radical (unpaired) electrons. The number of rotatable bonds is 7. The van der Waals surface area contributed by atoms with Crippen molar-refractivity contribution in [2.24, 2.45) is 5.73 Å². The van der Waals surface area contributed by atoms with Gasteiger partial charge in [0.1, 0.15) is 5.76 Å². The van der Waals surface area contributed by atoms with Crippen LogP contribution in [-0.4, -0.2) is 42.1 Å². The molecule has 0 spiro atoms. The molecule has 0 saturated heterocycles. The van der Waals surface area contributed by atoms with Crippen molar-refractivity contribution in [3.63, 3.8) is 0 Å². The second-order valence-corrected chi connectivity index (χ2v) is 8.69. The Labute approximate surface area is 199 Å². The number of hydrogen-bond donors (Lipinski definition) is 2. The smallest absolute Gasteiger partial charge is 0.324 e. The standard InChI is InChI=1S/C26H30N4O4/c1-19-13-16-29(23-11-6-5-10-22(23)28-19)25(31)26(30(32)33)14-12-21(20-8-3-2-4-9-20)24(18-26)34-17-7-15-27/h2-6,8-12,14,19,28H,7,13,15-18,27H2,1H3/t19-,26?/m0/s1. The first-order chi connectivity index (χ1) is 16.5. The molecule has 2 aromatic carbocycles. The third-order valence-corrected chi connectivity index (χ3v) is 6.29. The highest BCUT2D eigenvalue weighted by Crippen LogP contribution is 2.39. The van der Waals surface area contributed by atoms with E-state index in [0.29, 0.717) is 44.0 Å². The topological polar surface area (TPSA) is 111 Å². The fourth-order valence-corrected chi connectivity index (χ4v) is 4.40. The number of amides is 1. The number of carbonyl (C=O) groups is 1. The number of para-hydroxylation sites is 2. The molecule has 0 bridgehead atoms. The van der Waals surface area contributed by atoms with Crippen molar-refractivity contribution in [3.8, 4) is 0 Å². The van der Waals surface area contributed by atoms with Crippen LogP contribution in [0.15, 0.2) is 72.5 Å². The van der Waals surface area contributed by atoms with Gasteiger partial charge in [0, 0.05) is 29.2 Å². The molecule has 2 atom stereocenters. The molecule has 2 aromatic rings. The van der Waals surface area contributed by atoms with Gasteiger partial charge < -0.3 is 20.7 Å². The lowest BCUT2D eigenvalue weighted by Gasteiger charge is -2.32. The summed E-state index contributed by atoms with van der Waals surface area (Å²) in [5, 5.41) is 15.9. The van der Waals surface area contributed by atoms with Gasteiger partial charge >= 0.3 is 11.4 Å². The Kier molecular flexibility index (Phi) is 6.98. The van der Waals surface area contributed by atoms with Crippen molar-refractivity contribution in [1.82, 2.24) is 0 Å². The van der Waals surface area contributed by atoms with E-state index in [1.165, 1.54) is 6.08 Å². The summed E-state index contributed by atoms with van der Waals surface area (Å²) in [6.45, 7) is 3.18. The van der Waals surface area contributed by atoms with Gasteiger partial charge in [0.05, 0.1) is 24.4 Å². The van der Waals surface area contributed by atoms with Crippen LogP contribution in [0.1, 0.15) is 31.7 Å². The minimum Gasteiger partial charge on any atom is -0.497 e. The van der Waals surface area contributed by atoms with Crippen molar-refractivity contribution in [2.45, 2.75) is 37.8 Å². The number of nitrogens with zero attached hydrogens (tertiary/aromatic N) is 2. The van der Waals surface area contributed by atoms with Gasteiger partial charge in [-0.1, -0.05) is 42.5 Å². The maximum atomic E-state index is 14.0. The summed E-state index contributed by atoms with van der Waals surface area (Å²) in [4.78, 5) is 27.6. The molecule has 34 heavy (non-hydrogen) atoms. The first-order valence-corrected chi connectivity index (χ1v) is 11.6. The fraction of sp³-hybridized carbons (Fsp3) is 0.346. The summed E-state index contributed by atoms with van der Waals surface area (Å²) < 4.78 is 6.01. The molecule has 1 heterocycles. The third-order valence-electron chi connectivity index (χ3n) is 6.29. The molecule has 1 amide bonds. The number of nitrogens with one attached hydrogen (secondary N) is 1. The molecule has 0 saturated carbocycles. The monoisotopic (exact) mass is 462 g/mol. The number of ether oxygens (including phenoxy) is 1. The minimum atomic E-state index is -1.96. The van der Waals surface area contributed by atoms with Crippen LogP contribution in [0.3, 0.4) is 0 Å². The van der Waals surface area contributed by atoms with Crippen molar-refractivity contribution in [2.75, 3.05) is 29.9 Å². The van der Waals surface area contributed by atoms with Gasteiger partial charge in [-0.05, 0) is 50.1 Å². The maximum Gasteiger partial charge on any atom is 0.324 e. The lowest BCUT2D eigenvalue weighted by molar-refractivity contribution is -0.538. The fourth-order valence-electron chi connectivity index (χ4n) is 4.40. The second kappa shape index (κ2) is 10.1. The van der Waals surface area contributed by atoms with E-state index >= 15 is 0 Å². The van der Waals surface area contributed by atoms with Gasteiger partial charge in [0.2, 0.25) is 0 Å². The molecule has 1 aliphatic heterocycles. The number of allylic oxidation sites excluding steroid dienone is 2. The summed E-state index contributed by atoms with van der Waals surface area (Å²) in [7, 11) is 0. The zero-order valence-electron chi connectivity index (χ0n) is 19.3. The van der Waals surface area contributed by atoms with Crippen LogP contribution in [0.4, 0.5) is 11.4 Å². The molecule has 8 heteroatoms. The number of benzene rings is 2. The molecule has 8 nitrogen and oxygen atoms in total. The predicted octanol–water partition coefficient (Wildman–Crippen LogP) is 3.98. The van der Waals surface area contributed by atoms with Crippen molar-refractivity contribution >= 4 is 22.9 Å². The van der Waals surface area contributed by atoms with E-state index in [-0.39, 0.29) is 12.5 Å². The quantitative estimate of drug-likeness (QED) is 0.366. The lowest BCUT2D eigenvalue weighted by atomic mass is 9.84. The van der Waals surface area contributed by atoms with Crippen LogP contribution in [-0.2, 0) is 9.53 Å². The molecule has 0 fully saturated rings. The normalized spacial score (nSPS) is 21.9. The Bertz CT molecular complexity index is 1110. The minimum absolute atomic E-state index is 0.132. The largest absolute Gasteiger partial charge is 0.497 e. The number of anilines is 2. The number of nitro groups is 1. The highest BCUT2D eigenvalue weighted by atomic mass is 16.6. The van der Waals surface area contributed by atoms with Crippen LogP contribution in [0, 0.1) is 10.1 Å². The van der Waals surface area contributed by atoms with E-state index in [1.54, 1.807) is 11.0 Å². The van der Waals surface area contributed by atoms with Crippen LogP contribution in [0.5, 0.6) is 0 Å². The zero-order chi connectivity index (χ0) is 24.1. The van der Waals surface area contributed by atoms with Gasteiger partial charge in [0.15, 0.2) is 0 Å². The van der Waals surface area contributed by atoms with E-state index in [9.17, 15) is 14.9 Å². The molecule has 4 rings (SSSR count). The zero-order valence-corrected chi connectivity index (χ0v) is 19.3. The average Bonchev–Trinajstić information content (AvgIpc) is 3.02. The van der Waals surface area contributed by atoms with Crippen molar-refractivity contribution < 1.29 is 14.5 Å². The SMILES string of the molecule is C[C@H]1CCN(C(=O)C2([N+](=O)[O-])C=CC(c3ccccc3)=C(OCCCN)C2)c2ccccc2N1. The number of fused-ring (bicyclic) bond motifs is 1. The molecule has 0 aromatic heterocycles. The van der Waals surface area contributed by atoms with Gasteiger partial charge in [-0.3, -0.25) is 14.9 Å². The second-order valence-electron chi connectivity index (χ2n) is 8.69. The van der Waals surface area contributed by atoms with Crippen LogP contribution in [0.25, 0.3) is 5.57 Å². The molecule has 1 aliphatic carbocycles. The average molecular weight is 463 g/mol. The summed E-state index contributed by atoms with van der Waals surface area (Å²) in [6, 6.07) is 17.1. The van der Waals surface area contributed by atoms with E-state index in [4.69, 9.17) is 10.5 Å². The summed E-state index contributed by atoms with van der Waals surface area (Å²) in [5.41, 5.74) is 6.72. The highest BCUT2D eigenvalue weighted by Gasteiger charge is 2.54. The number of nitrogens with two attached hydrogens (primary N) is 1. The van der Waals surface area contributed by atoms with Crippen LogP contribution < -0.4 is 16.0 Å². The first kappa shape index (κ1) is 23.5. The maximum absolute atomic E-state index is 14.0. The van der Waals surface area contributed by atoms with E-state index in [1.807, 2.05) is 61.5 Å².